The summed E-state index contributed by atoms with van der Waals surface area (Å²) in [4.78, 5) is 12.3. The largest absolute Gasteiger partial charge is 0.489 e. The van der Waals surface area contributed by atoms with Crippen molar-refractivity contribution in [1.82, 2.24) is 0 Å². The number of rotatable bonds is 12. The third kappa shape index (κ3) is 6.30. The van der Waals surface area contributed by atoms with Crippen LogP contribution in [0.5, 0.6) is 5.75 Å². The first-order valence-electron chi connectivity index (χ1n) is 11.9. The first-order valence-corrected chi connectivity index (χ1v) is 11.9. The van der Waals surface area contributed by atoms with Crippen molar-refractivity contribution in [2.45, 2.75) is 25.5 Å². The molecule has 7 heteroatoms. The van der Waals surface area contributed by atoms with Gasteiger partial charge in [0.25, 0.3) is 0 Å². The highest BCUT2D eigenvalue weighted by atomic mass is 19.1. The van der Waals surface area contributed by atoms with Gasteiger partial charge in [0.05, 0.1) is 25.3 Å². The first kappa shape index (κ1) is 25.4. The highest BCUT2D eigenvalue weighted by molar-refractivity contribution is 5.93. The van der Waals surface area contributed by atoms with Crippen molar-refractivity contribution in [2.75, 3.05) is 27.0 Å². The molecule has 0 aliphatic carbocycles. The SMILES string of the molecule is COCCCOC(=O)Cc1ccccc1OCc1cc(-c2cccc(C(N)CF)c2)c2occc2c1. The van der Waals surface area contributed by atoms with Gasteiger partial charge in [0.2, 0.25) is 0 Å². The molecular weight excluding hydrogens is 461 g/mol. The molecule has 0 spiro atoms. The van der Waals surface area contributed by atoms with E-state index in [2.05, 4.69) is 0 Å². The summed E-state index contributed by atoms with van der Waals surface area (Å²) >= 11 is 0. The van der Waals surface area contributed by atoms with E-state index in [0.717, 1.165) is 38.8 Å². The van der Waals surface area contributed by atoms with Gasteiger partial charge in [0.15, 0.2) is 0 Å². The number of para-hydroxylation sites is 1. The number of benzene rings is 3. The molecule has 0 aliphatic rings. The van der Waals surface area contributed by atoms with Crippen LogP contribution < -0.4 is 10.5 Å². The number of ether oxygens (including phenoxy) is 3. The highest BCUT2D eigenvalue weighted by Crippen LogP contribution is 2.33. The lowest BCUT2D eigenvalue weighted by molar-refractivity contribution is -0.143. The Morgan fingerprint density at radius 3 is 2.75 bits per heavy atom. The first-order chi connectivity index (χ1) is 17.6. The molecule has 4 rings (SSSR count). The lowest BCUT2D eigenvalue weighted by atomic mass is 9.97. The lowest BCUT2D eigenvalue weighted by Gasteiger charge is -2.14. The Kier molecular flexibility index (Phi) is 8.71. The molecule has 4 aromatic rings. The molecule has 1 heterocycles. The number of esters is 1. The van der Waals surface area contributed by atoms with E-state index >= 15 is 0 Å². The molecule has 2 N–H and O–H groups in total. The van der Waals surface area contributed by atoms with Gasteiger partial charge < -0.3 is 24.4 Å². The maximum Gasteiger partial charge on any atom is 0.310 e. The van der Waals surface area contributed by atoms with Crippen molar-refractivity contribution < 1.29 is 27.8 Å². The summed E-state index contributed by atoms with van der Waals surface area (Å²) in [5.74, 6) is 0.312. The van der Waals surface area contributed by atoms with Crippen LogP contribution in [0.3, 0.4) is 0 Å². The fourth-order valence-corrected chi connectivity index (χ4v) is 4.02. The Labute approximate surface area is 209 Å². The minimum absolute atomic E-state index is 0.122. The number of fused-ring (bicyclic) bond motifs is 1. The summed E-state index contributed by atoms with van der Waals surface area (Å²) in [6.45, 7) is 0.523. The van der Waals surface area contributed by atoms with Crippen LogP contribution in [0.15, 0.2) is 77.4 Å². The normalized spacial score (nSPS) is 12.0. The zero-order chi connectivity index (χ0) is 25.3. The van der Waals surface area contributed by atoms with Crippen LogP contribution in [-0.2, 0) is 27.3 Å². The molecule has 0 saturated carbocycles. The second-order valence-corrected chi connectivity index (χ2v) is 8.51. The molecule has 0 bridgehead atoms. The maximum atomic E-state index is 13.1. The van der Waals surface area contributed by atoms with E-state index in [0.29, 0.717) is 25.4 Å². The van der Waals surface area contributed by atoms with E-state index < -0.39 is 12.7 Å². The Morgan fingerprint density at radius 1 is 1.06 bits per heavy atom. The zero-order valence-electron chi connectivity index (χ0n) is 20.2. The molecule has 0 aliphatic heterocycles. The van der Waals surface area contributed by atoms with E-state index in [1.165, 1.54) is 0 Å². The number of hydrogen-bond acceptors (Lipinski definition) is 6. The second kappa shape index (κ2) is 12.3. The van der Waals surface area contributed by atoms with Gasteiger partial charge in [-0.1, -0.05) is 36.4 Å². The van der Waals surface area contributed by atoms with Crippen molar-refractivity contribution in [3.8, 4) is 16.9 Å². The number of methoxy groups -OCH3 is 1. The number of carbonyl (C=O) groups excluding carboxylic acids is 1. The summed E-state index contributed by atoms with van der Waals surface area (Å²) in [5.41, 5.74) is 10.8. The minimum atomic E-state index is -0.674. The predicted molar refractivity (Wildman–Crippen MR) is 136 cm³/mol. The average molecular weight is 492 g/mol. The van der Waals surface area contributed by atoms with E-state index in [1.807, 2.05) is 66.7 Å². The van der Waals surface area contributed by atoms with E-state index in [1.54, 1.807) is 13.4 Å². The van der Waals surface area contributed by atoms with Crippen molar-refractivity contribution in [2.24, 2.45) is 5.73 Å². The molecule has 1 aromatic heterocycles. The molecular formula is C29H30FNO5. The second-order valence-electron chi connectivity index (χ2n) is 8.51. The van der Waals surface area contributed by atoms with Crippen LogP contribution in [0.25, 0.3) is 22.1 Å². The zero-order valence-corrected chi connectivity index (χ0v) is 20.2. The lowest BCUT2D eigenvalue weighted by Crippen LogP contribution is -2.12. The molecule has 0 fully saturated rings. The van der Waals surface area contributed by atoms with Gasteiger partial charge in [0, 0.05) is 36.7 Å². The number of alkyl halides is 1. The summed E-state index contributed by atoms with van der Waals surface area (Å²) < 4.78 is 35.3. The van der Waals surface area contributed by atoms with Crippen molar-refractivity contribution in [3.63, 3.8) is 0 Å². The van der Waals surface area contributed by atoms with Gasteiger partial charge in [0.1, 0.15) is 24.6 Å². The monoisotopic (exact) mass is 491 g/mol. The quantitative estimate of drug-likeness (QED) is 0.200. The van der Waals surface area contributed by atoms with Crippen LogP contribution in [-0.4, -0.2) is 33.0 Å². The smallest absolute Gasteiger partial charge is 0.310 e. The molecule has 1 atom stereocenters. The number of furan rings is 1. The highest BCUT2D eigenvalue weighted by Gasteiger charge is 2.14. The Morgan fingerprint density at radius 2 is 1.92 bits per heavy atom. The Hall–Kier alpha value is -3.68. The van der Waals surface area contributed by atoms with Crippen LogP contribution in [0, 0.1) is 0 Å². The number of nitrogens with two attached hydrogens (primary N) is 1. The third-order valence-corrected chi connectivity index (χ3v) is 5.86. The molecule has 1 unspecified atom stereocenters. The van der Waals surface area contributed by atoms with Gasteiger partial charge in [-0.2, -0.15) is 0 Å². The number of halogens is 1. The summed E-state index contributed by atoms with van der Waals surface area (Å²) in [5, 5.41) is 0.930. The predicted octanol–water partition coefficient (Wildman–Crippen LogP) is 5.77. The molecule has 6 nitrogen and oxygen atoms in total. The average Bonchev–Trinajstić information content (AvgIpc) is 3.38. The van der Waals surface area contributed by atoms with Gasteiger partial charge in [-0.3, -0.25) is 4.79 Å². The summed E-state index contributed by atoms with van der Waals surface area (Å²) in [7, 11) is 1.61. The van der Waals surface area contributed by atoms with Crippen LogP contribution in [0.1, 0.15) is 29.2 Å². The number of hydrogen-bond donors (Lipinski definition) is 1. The molecule has 0 amide bonds. The summed E-state index contributed by atoms with van der Waals surface area (Å²) in [6, 6.07) is 20.2. The fourth-order valence-electron chi connectivity index (χ4n) is 4.02. The van der Waals surface area contributed by atoms with E-state index in [9.17, 15) is 9.18 Å². The fraction of sp³-hybridized carbons (Fsp3) is 0.276. The maximum absolute atomic E-state index is 13.1. The topological polar surface area (TPSA) is 83.9 Å². The van der Waals surface area contributed by atoms with E-state index in [4.69, 9.17) is 24.4 Å². The summed E-state index contributed by atoms with van der Waals surface area (Å²) in [6.07, 6.45) is 2.42. The van der Waals surface area contributed by atoms with Gasteiger partial charge in [-0.05, 0) is 47.0 Å². The van der Waals surface area contributed by atoms with Crippen molar-refractivity contribution in [3.05, 3.63) is 89.7 Å². The van der Waals surface area contributed by atoms with Crippen molar-refractivity contribution in [1.29, 1.82) is 0 Å². The van der Waals surface area contributed by atoms with Crippen LogP contribution >= 0.6 is 0 Å². The standard InChI is InChI=1S/C29H30FNO5/c1-33-11-5-12-34-28(32)17-23-6-2-3-9-27(23)36-19-20-14-24-10-13-35-29(24)25(15-20)21-7-4-8-22(16-21)26(31)18-30/h2-4,6-10,13-16,26H,5,11-12,17-19,31H2,1H3. The molecule has 36 heavy (non-hydrogen) atoms. The Bertz CT molecular complexity index is 1300. The molecule has 188 valence electrons. The molecule has 0 radical (unpaired) electrons. The third-order valence-electron chi connectivity index (χ3n) is 5.86. The van der Waals surface area contributed by atoms with Crippen LogP contribution in [0.2, 0.25) is 0 Å². The van der Waals surface area contributed by atoms with Gasteiger partial charge in [-0.15, -0.1) is 0 Å². The van der Waals surface area contributed by atoms with Crippen molar-refractivity contribution >= 4 is 16.9 Å². The molecule has 3 aromatic carbocycles. The Balaban J connectivity index is 1.52. The van der Waals surface area contributed by atoms with Gasteiger partial charge >= 0.3 is 5.97 Å². The molecule has 0 saturated heterocycles. The number of carbonyl (C=O) groups is 1. The minimum Gasteiger partial charge on any atom is -0.489 e. The van der Waals surface area contributed by atoms with E-state index in [-0.39, 0.29) is 19.0 Å². The van der Waals surface area contributed by atoms with Crippen LogP contribution in [0.4, 0.5) is 4.39 Å². The van der Waals surface area contributed by atoms with Gasteiger partial charge in [-0.25, -0.2) is 4.39 Å².